The number of hydrogen-bond donors (Lipinski definition) is 1. The number of aromatic amines is 1. The maximum atomic E-state index is 12.5. The summed E-state index contributed by atoms with van der Waals surface area (Å²) in [6.07, 6.45) is 5.07. The lowest BCUT2D eigenvalue weighted by atomic mass is 9.82. The van der Waals surface area contributed by atoms with Crippen LogP contribution >= 0.6 is 0 Å². The Bertz CT molecular complexity index is 1100. The Labute approximate surface area is 155 Å². The zero-order chi connectivity index (χ0) is 18.4. The van der Waals surface area contributed by atoms with Gasteiger partial charge >= 0.3 is 0 Å². The maximum absolute atomic E-state index is 12.5. The summed E-state index contributed by atoms with van der Waals surface area (Å²) in [5, 5.41) is 4.16. The van der Waals surface area contributed by atoms with E-state index in [9.17, 15) is 9.59 Å². The minimum absolute atomic E-state index is 0.0506. The van der Waals surface area contributed by atoms with Crippen molar-refractivity contribution >= 4 is 5.78 Å². The normalized spacial score (nSPS) is 18.8. The van der Waals surface area contributed by atoms with Gasteiger partial charge in [0.15, 0.2) is 11.6 Å². The highest BCUT2D eigenvalue weighted by atomic mass is 16.5. The average molecular weight is 361 g/mol. The Hall–Kier alpha value is -3.02. The molecule has 5 rings (SSSR count). The lowest BCUT2D eigenvalue weighted by Crippen LogP contribution is -2.20. The van der Waals surface area contributed by atoms with Crippen molar-refractivity contribution in [1.82, 2.24) is 15.1 Å². The molecule has 3 aromatic rings. The van der Waals surface area contributed by atoms with E-state index in [1.807, 2.05) is 12.1 Å². The molecule has 0 amide bonds. The van der Waals surface area contributed by atoms with Gasteiger partial charge in [-0.25, -0.2) is 0 Å². The monoisotopic (exact) mass is 361 g/mol. The van der Waals surface area contributed by atoms with Gasteiger partial charge in [-0.05, 0) is 49.3 Å². The third kappa shape index (κ3) is 2.72. The van der Waals surface area contributed by atoms with E-state index in [1.165, 1.54) is 11.1 Å². The van der Waals surface area contributed by atoms with Gasteiger partial charge in [-0.15, -0.1) is 0 Å². The molecule has 2 aliphatic carbocycles. The number of nitrogens with zero attached hydrogens (tertiary/aromatic N) is 2. The van der Waals surface area contributed by atoms with Gasteiger partial charge in [0.1, 0.15) is 5.56 Å². The third-order valence-corrected chi connectivity index (χ3v) is 5.61. The Morgan fingerprint density at radius 2 is 1.93 bits per heavy atom. The number of benzene rings is 1. The average Bonchev–Trinajstić information content (AvgIpc) is 3.17. The van der Waals surface area contributed by atoms with Crippen molar-refractivity contribution < 1.29 is 9.32 Å². The molecule has 0 aliphatic heterocycles. The van der Waals surface area contributed by atoms with Crippen LogP contribution in [0, 0.1) is 0 Å². The van der Waals surface area contributed by atoms with Crippen LogP contribution < -0.4 is 5.56 Å². The number of carbonyl (C=O) groups excluding carboxylic acids is 1. The standard InChI is InChI=1S/C21H19N3O3/c25-18-10-4-9-17-15(18)11-16(20(26)22-17)21-23-19(24-27-21)14-8-3-6-12-5-1-2-7-13(12)14/h1-2,5,7,11,14H,3-4,6,8-10H2,(H,22,26). The number of Topliss-reactive ketones (excluding diaryl/α,β-unsaturated/α-hetero) is 1. The van der Waals surface area contributed by atoms with Crippen molar-refractivity contribution in [3.05, 3.63) is 68.9 Å². The second-order valence-electron chi connectivity index (χ2n) is 7.28. The molecule has 0 bridgehead atoms. The second kappa shape index (κ2) is 6.30. The summed E-state index contributed by atoms with van der Waals surface area (Å²) in [5.74, 6) is 0.900. The van der Waals surface area contributed by atoms with E-state index in [0.29, 0.717) is 29.9 Å². The zero-order valence-corrected chi connectivity index (χ0v) is 14.8. The van der Waals surface area contributed by atoms with Crippen molar-refractivity contribution in [2.24, 2.45) is 0 Å². The van der Waals surface area contributed by atoms with E-state index in [4.69, 9.17) is 4.52 Å². The Morgan fingerprint density at radius 1 is 1.04 bits per heavy atom. The van der Waals surface area contributed by atoms with Crippen LogP contribution in [-0.2, 0) is 12.8 Å². The molecule has 2 aliphatic rings. The van der Waals surface area contributed by atoms with Gasteiger partial charge in [0, 0.05) is 23.6 Å². The maximum Gasteiger partial charge on any atom is 0.263 e. The zero-order valence-electron chi connectivity index (χ0n) is 14.8. The molecule has 1 aromatic carbocycles. The van der Waals surface area contributed by atoms with E-state index in [2.05, 4.69) is 27.3 Å². The van der Waals surface area contributed by atoms with Crippen molar-refractivity contribution in [2.75, 3.05) is 0 Å². The Balaban J connectivity index is 1.55. The van der Waals surface area contributed by atoms with Gasteiger partial charge in [0.25, 0.3) is 11.4 Å². The summed E-state index contributed by atoms with van der Waals surface area (Å²) in [6, 6.07) is 9.94. The van der Waals surface area contributed by atoms with Crippen LogP contribution in [-0.4, -0.2) is 20.9 Å². The molecule has 0 saturated heterocycles. The van der Waals surface area contributed by atoms with Gasteiger partial charge in [-0.1, -0.05) is 29.4 Å². The Kier molecular flexibility index (Phi) is 3.77. The highest BCUT2D eigenvalue weighted by Crippen LogP contribution is 2.35. The minimum Gasteiger partial charge on any atom is -0.334 e. The van der Waals surface area contributed by atoms with E-state index in [0.717, 1.165) is 25.7 Å². The number of fused-ring (bicyclic) bond motifs is 2. The number of H-pyrrole nitrogens is 1. The first-order valence-electron chi connectivity index (χ1n) is 9.42. The fourth-order valence-electron chi connectivity index (χ4n) is 4.24. The third-order valence-electron chi connectivity index (χ3n) is 5.61. The number of aryl methyl sites for hydroxylation is 2. The molecule has 0 saturated carbocycles. The van der Waals surface area contributed by atoms with Crippen LogP contribution in [0.5, 0.6) is 0 Å². The summed E-state index contributed by atoms with van der Waals surface area (Å²) < 4.78 is 5.43. The first-order chi connectivity index (χ1) is 13.2. The fourth-order valence-corrected chi connectivity index (χ4v) is 4.24. The van der Waals surface area contributed by atoms with Crippen molar-refractivity contribution in [2.45, 2.75) is 44.4 Å². The van der Waals surface area contributed by atoms with Crippen molar-refractivity contribution in [3.63, 3.8) is 0 Å². The van der Waals surface area contributed by atoms with Gasteiger partial charge in [-0.2, -0.15) is 4.98 Å². The van der Waals surface area contributed by atoms with E-state index in [-0.39, 0.29) is 28.7 Å². The quantitative estimate of drug-likeness (QED) is 0.755. The van der Waals surface area contributed by atoms with Crippen LogP contribution in [0.1, 0.15) is 64.6 Å². The SMILES string of the molecule is O=C1CCCc2[nH]c(=O)c(-c3nc(C4CCCc5ccccc54)no3)cc21. The van der Waals surface area contributed by atoms with Crippen LogP contribution in [0.3, 0.4) is 0 Å². The van der Waals surface area contributed by atoms with Crippen LogP contribution in [0.4, 0.5) is 0 Å². The topological polar surface area (TPSA) is 88.9 Å². The highest BCUT2D eigenvalue weighted by Gasteiger charge is 2.27. The molecule has 1 unspecified atom stereocenters. The molecule has 6 heteroatoms. The molecule has 0 fully saturated rings. The number of nitrogens with one attached hydrogen (secondary N) is 1. The number of ketones is 1. The van der Waals surface area contributed by atoms with Crippen LogP contribution in [0.2, 0.25) is 0 Å². The summed E-state index contributed by atoms with van der Waals surface area (Å²) in [7, 11) is 0. The molecule has 136 valence electrons. The summed E-state index contributed by atoms with van der Waals surface area (Å²) >= 11 is 0. The number of pyridine rings is 1. The molecule has 27 heavy (non-hydrogen) atoms. The summed E-state index contributed by atoms with van der Waals surface area (Å²) in [5.41, 5.74) is 3.80. The highest BCUT2D eigenvalue weighted by molar-refractivity contribution is 5.98. The second-order valence-corrected chi connectivity index (χ2v) is 7.28. The van der Waals surface area contributed by atoms with E-state index >= 15 is 0 Å². The smallest absolute Gasteiger partial charge is 0.263 e. The summed E-state index contributed by atoms with van der Waals surface area (Å²) in [6.45, 7) is 0. The molecule has 0 radical (unpaired) electrons. The van der Waals surface area contributed by atoms with Gasteiger partial charge in [0.05, 0.1) is 0 Å². The molecule has 2 heterocycles. The number of rotatable bonds is 2. The summed E-state index contributed by atoms with van der Waals surface area (Å²) in [4.78, 5) is 32.0. The van der Waals surface area contributed by atoms with E-state index < -0.39 is 0 Å². The van der Waals surface area contributed by atoms with Gasteiger partial charge in [-0.3, -0.25) is 9.59 Å². The lowest BCUT2D eigenvalue weighted by molar-refractivity contribution is 0.0971. The number of carbonyl (C=O) groups is 1. The molecule has 0 spiro atoms. The number of hydrogen-bond acceptors (Lipinski definition) is 5. The first-order valence-corrected chi connectivity index (χ1v) is 9.42. The van der Waals surface area contributed by atoms with Crippen LogP contribution in [0.15, 0.2) is 39.6 Å². The van der Waals surface area contributed by atoms with Gasteiger partial charge < -0.3 is 9.51 Å². The molecule has 1 atom stereocenters. The van der Waals surface area contributed by atoms with Gasteiger partial charge in [0.2, 0.25) is 0 Å². The lowest BCUT2D eigenvalue weighted by Gasteiger charge is -2.22. The molecule has 6 nitrogen and oxygen atoms in total. The van der Waals surface area contributed by atoms with Crippen molar-refractivity contribution in [1.29, 1.82) is 0 Å². The predicted molar refractivity (Wildman–Crippen MR) is 98.8 cm³/mol. The predicted octanol–water partition coefficient (Wildman–Crippen LogP) is 3.41. The molecular formula is C21H19N3O3. The first kappa shape index (κ1) is 16.2. The number of aromatic nitrogens is 3. The van der Waals surface area contributed by atoms with E-state index in [1.54, 1.807) is 6.07 Å². The van der Waals surface area contributed by atoms with Crippen molar-refractivity contribution in [3.8, 4) is 11.5 Å². The molecule has 1 N–H and O–H groups in total. The Morgan fingerprint density at radius 3 is 2.85 bits per heavy atom. The fraction of sp³-hybridized carbons (Fsp3) is 0.333. The van der Waals surface area contributed by atoms with Crippen LogP contribution in [0.25, 0.3) is 11.5 Å². The molecular weight excluding hydrogens is 342 g/mol. The minimum atomic E-state index is -0.289. The largest absolute Gasteiger partial charge is 0.334 e. The molecule has 2 aromatic heterocycles.